The summed E-state index contributed by atoms with van der Waals surface area (Å²) < 4.78 is 48.3. The largest absolute Gasteiger partial charge is 0.471 e. The highest BCUT2D eigenvalue weighted by Crippen LogP contribution is 2.49. The molecule has 0 N–H and O–H groups in total. The summed E-state index contributed by atoms with van der Waals surface area (Å²) in [6.45, 7) is 28.1. The molecular formula is C39H60BrN5O9Si2. The van der Waals surface area contributed by atoms with E-state index in [1.165, 1.54) is 0 Å². The van der Waals surface area contributed by atoms with Gasteiger partial charge >= 0.3 is 29.3 Å². The summed E-state index contributed by atoms with van der Waals surface area (Å²) in [5.74, 6) is -0.275. The van der Waals surface area contributed by atoms with Crippen LogP contribution in [0.5, 0.6) is 5.88 Å². The van der Waals surface area contributed by atoms with Crippen LogP contribution in [0.1, 0.15) is 115 Å². The molecule has 0 radical (unpaired) electrons. The van der Waals surface area contributed by atoms with Crippen molar-refractivity contribution in [2.45, 2.75) is 162 Å². The molecule has 2 amide bonds. The zero-order valence-electron chi connectivity index (χ0n) is 35.3. The molecule has 4 heterocycles. The highest BCUT2D eigenvalue weighted by molar-refractivity contribution is 9.10. The summed E-state index contributed by atoms with van der Waals surface area (Å²) >= 11 is 3.67. The van der Waals surface area contributed by atoms with E-state index in [2.05, 4.69) is 76.3 Å². The van der Waals surface area contributed by atoms with Gasteiger partial charge in [0.1, 0.15) is 30.1 Å². The molecule has 0 bridgehead atoms. The molecule has 2 fully saturated rings. The molecule has 56 heavy (non-hydrogen) atoms. The maximum absolute atomic E-state index is 13.8. The molecule has 14 nitrogen and oxygen atoms in total. The van der Waals surface area contributed by atoms with Gasteiger partial charge in [-0.25, -0.2) is 14.6 Å². The SMILES string of the molecule is CC(C)[Si]1(C(C)C)OC[C@H]2O[C@@H](n3c(Br)nc4c(OCc5ccccc5)nc(N(C(=O)OC(C)(C)C)C(=O)OC(C)(C)C)nc43)C[C@@H]2O[Si](C(C)C)(C(C)C)O1. The van der Waals surface area contributed by atoms with Gasteiger partial charge in [-0.3, -0.25) is 4.57 Å². The summed E-state index contributed by atoms with van der Waals surface area (Å²) in [5.41, 5.74) is 0.145. The number of imide groups is 1. The van der Waals surface area contributed by atoms with Gasteiger partial charge in [0.05, 0.1) is 12.7 Å². The quantitative estimate of drug-likeness (QED) is 0.149. The molecule has 2 aliphatic heterocycles. The second-order valence-electron chi connectivity index (χ2n) is 17.8. The number of amides is 2. The number of anilines is 1. The molecule has 2 aromatic heterocycles. The van der Waals surface area contributed by atoms with E-state index in [4.69, 9.17) is 41.9 Å². The van der Waals surface area contributed by atoms with Crippen LogP contribution in [-0.2, 0) is 33.8 Å². The van der Waals surface area contributed by atoms with Crippen molar-refractivity contribution < 1.29 is 41.5 Å². The van der Waals surface area contributed by atoms with Crippen molar-refractivity contribution >= 4 is 62.4 Å². The van der Waals surface area contributed by atoms with Crippen molar-refractivity contribution in [1.29, 1.82) is 0 Å². The normalized spacial score (nSPS) is 21.3. The first-order valence-corrected chi connectivity index (χ1v) is 24.3. The molecule has 3 aromatic rings. The Morgan fingerprint density at radius 2 is 1.39 bits per heavy atom. The number of halogens is 1. The summed E-state index contributed by atoms with van der Waals surface area (Å²) in [4.78, 5) is 42.5. The lowest BCUT2D eigenvalue weighted by atomic mass is 10.2. The fraction of sp³-hybridized carbons (Fsp3) is 0.667. The van der Waals surface area contributed by atoms with Gasteiger partial charge in [-0.2, -0.15) is 9.97 Å². The van der Waals surface area contributed by atoms with Crippen molar-refractivity contribution in [3.8, 4) is 5.88 Å². The third kappa shape index (κ3) is 9.34. The predicted octanol–water partition coefficient (Wildman–Crippen LogP) is 10.1. The summed E-state index contributed by atoms with van der Waals surface area (Å²) in [5, 5.41) is 0. The highest BCUT2D eigenvalue weighted by Gasteiger charge is 2.60. The maximum atomic E-state index is 13.8. The zero-order valence-corrected chi connectivity index (χ0v) is 38.9. The van der Waals surface area contributed by atoms with Crippen LogP contribution < -0.4 is 9.64 Å². The first-order chi connectivity index (χ1) is 26.0. The first-order valence-electron chi connectivity index (χ1n) is 19.5. The Hall–Kier alpha value is -2.94. The minimum Gasteiger partial charge on any atom is -0.471 e. The lowest BCUT2D eigenvalue weighted by Crippen LogP contribution is -2.65. The van der Waals surface area contributed by atoms with E-state index < -0.39 is 52.8 Å². The summed E-state index contributed by atoms with van der Waals surface area (Å²) in [6, 6.07) is 9.55. The van der Waals surface area contributed by atoms with Crippen LogP contribution >= 0.6 is 15.9 Å². The van der Waals surface area contributed by atoms with E-state index >= 15 is 0 Å². The second-order valence-corrected chi connectivity index (χ2v) is 27.4. The van der Waals surface area contributed by atoms with Crippen molar-refractivity contribution in [2.75, 3.05) is 11.5 Å². The number of hydrogen-bond acceptors (Lipinski definition) is 12. The van der Waals surface area contributed by atoms with Gasteiger partial charge in [-0.05, 0) is 85.2 Å². The van der Waals surface area contributed by atoms with Gasteiger partial charge in [0.2, 0.25) is 11.8 Å². The molecule has 5 rings (SSSR count). The van der Waals surface area contributed by atoms with Crippen molar-refractivity contribution in [3.63, 3.8) is 0 Å². The topological polar surface area (TPSA) is 146 Å². The van der Waals surface area contributed by atoms with Gasteiger partial charge in [0, 0.05) is 6.42 Å². The van der Waals surface area contributed by atoms with Crippen LogP contribution in [0.25, 0.3) is 11.2 Å². The van der Waals surface area contributed by atoms with Gasteiger partial charge in [0.15, 0.2) is 15.9 Å². The van der Waals surface area contributed by atoms with Crippen LogP contribution in [0.3, 0.4) is 0 Å². The first kappa shape index (κ1) is 44.2. The van der Waals surface area contributed by atoms with Crippen molar-refractivity contribution in [2.24, 2.45) is 0 Å². The van der Waals surface area contributed by atoms with E-state index in [0.717, 1.165) is 5.56 Å². The van der Waals surface area contributed by atoms with Crippen LogP contribution in [0.4, 0.5) is 15.5 Å². The average molecular weight is 879 g/mol. The Labute approximate surface area is 341 Å². The molecule has 0 aliphatic carbocycles. The van der Waals surface area contributed by atoms with Crippen LogP contribution in [-0.4, -0.2) is 78.8 Å². The van der Waals surface area contributed by atoms with E-state index in [1.54, 1.807) is 46.1 Å². The van der Waals surface area contributed by atoms with Crippen LogP contribution in [0.15, 0.2) is 35.1 Å². The molecule has 0 saturated carbocycles. The summed E-state index contributed by atoms with van der Waals surface area (Å²) in [6.07, 6.45) is -3.03. The summed E-state index contributed by atoms with van der Waals surface area (Å²) in [7, 11) is -5.73. The van der Waals surface area contributed by atoms with E-state index in [9.17, 15) is 9.59 Å². The zero-order chi connectivity index (χ0) is 41.5. The maximum Gasteiger partial charge on any atom is 0.427 e. The number of benzene rings is 1. The minimum atomic E-state index is -2.92. The molecule has 0 spiro atoms. The number of ether oxygens (including phenoxy) is 4. The molecule has 0 unspecified atom stereocenters. The number of rotatable bonds is 9. The van der Waals surface area contributed by atoms with E-state index in [0.29, 0.717) is 22.7 Å². The lowest BCUT2D eigenvalue weighted by Gasteiger charge is -2.51. The minimum absolute atomic E-state index is 0.0399. The van der Waals surface area contributed by atoms with Crippen molar-refractivity contribution in [1.82, 2.24) is 19.5 Å². The third-order valence-electron chi connectivity index (χ3n) is 9.84. The Kier molecular flexibility index (Phi) is 13.2. The Morgan fingerprint density at radius 3 is 1.91 bits per heavy atom. The molecule has 310 valence electrons. The number of nitrogens with zero attached hydrogens (tertiary/aromatic N) is 5. The second kappa shape index (κ2) is 16.7. The molecule has 2 saturated heterocycles. The smallest absolute Gasteiger partial charge is 0.427 e. The number of hydrogen-bond donors (Lipinski definition) is 0. The van der Waals surface area contributed by atoms with Crippen LogP contribution in [0, 0.1) is 0 Å². The molecule has 1 aromatic carbocycles. The van der Waals surface area contributed by atoms with Gasteiger partial charge in [0.25, 0.3) is 0 Å². The number of fused-ring (bicyclic) bond motifs is 2. The number of imidazole rings is 1. The standard InChI is InChI=1S/C39H60BrN5O9Si2/c1-23(2)55(24(3)4)49-22-29-28(53-56(54-55,25(5)6)26(7)8)20-30(50-29)44-32-31(41-34(44)40)33(48-21-27-18-16-15-17-19-27)43-35(42-32)45(36(46)51-38(9,10)11)37(47)52-39(12,13)14/h15-19,23-26,28-30H,20-22H2,1-14H3/t28-,29+,30+/m0/s1. The third-order valence-corrected chi connectivity index (χ3v) is 20.7. The van der Waals surface area contributed by atoms with Gasteiger partial charge < -0.3 is 31.9 Å². The van der Waals surface area contributed by atoms with Crippen molar-refractivity contribution in [3.05, 3.63) is 40.6 Å². The van der Waals surface area contributed by atoms with Gasteiger partial charge in [-0.1, -0.05) is 85.7 Å². The van der Waals surface area contributed by atoms with Crippen LogP contribution in [0.2, 0.25) is 22.2 Å². The monoisotopic (exact) mass is 877 g/mol. The predicted molar refractivity (Wildman–Crippen MR) is 221 cm³/mol. The highest BCUT2D eigenvalue weighted by atomic mass is 79.9. The molecule has 17 heteroatoms. The Morgan fingerprint density at radius 1 is 0.839 bits per heavy atom. The fourth-order valence-corrected chi connectivity index (χ4v) is 19.0. The fourth-order valence-electron chi connectivity index (χ4n) is 7.24. The van der Waals surface area contributed by atoms with Gasteiger partial charge in [-0.15, -0.1) is 4.90 Å². The van der Waals surface area contributed by atoms with E-state index in [1.807, 2.05) is 30.3 Å². The van der Waals surface area contributed by atoms with E-state index in [-0.39, 0.29) is 57.9 Å². The lowest BCUT2D eigenvalue weighted by molar-refractivity contribution is -0.0550. The molecular weight excluding hydrogens is 819 g/mol. The number of carbonyl (C=O) groups is 2. The Bertz CT molecular complexity index is 1820. The molecule has 2 aliphatic rings. The Balaban J connectivity index is 1.65. The molecule has 3 atom stereocenters. The average Bonchev–Trinajstić information content (AvgIpc) is 3.60. The number of aromatic nitrogens is 4. The number of carbonyl (C=O) groups excluding carboxylic acids is 2.